The van der Waals surface area contributed by atoms with E-state index in [2.05, 4.69) is 47.4 Å². The third kappa shape index (κ3) is 3.49. The molecule has 0 aliphatic heterocycles. The zero-order valence-corrected chi connectivity index (χ0v) is 16.4. The van der Waals surface area contributed by atoms with Crippen LogP contribution >= 0.6 is 0 Å². The Labute approximate surface area is 164 Å². The summed E-state index contributed by atoms with van der Waals surface area (Å²) in [6, 6.07) is 18.2. The molecule has 2 aromatic carbocycles. The molecule has 28 heavy (non-hydrogen) atoms. The van der Waals surface area contributed by atoms with Crippen LogP contribution in [0.5, 0.6) is 0 Å². The Morgan fingerprint density at radius 3 is 2.50 bits per heavy atom. The van der Waals surface area contributed by atoms with Gasteiger partial charge in [0.2, 0.25) is 0 Å². The van der Waals surface area contributed by atoms with Crippen LogP contribution in [0.25, 0.3) is 16.7 Å². The van der Waals surface area contributed by atoms with Crippen LogP contribution < -0.4 is 10.9 Å². The van der Waals surface area contributed by atoms with E-state index in [1.54, 1.807) is 4.68 Å². The van der Waals surface area contributed by atoms with Crippen LogP contribution in [-0.4, -0.2) is 14.8 Å². The molecule has 0 aliphatic rings. The van der Waals surface area contributed by atoms with Crippen molar-refractivity contribution in [2.45, 2.75) is 33.9 Å². The van der Waals surface area contributed by atoms with E-state index < -0.39 is 0 Å². The van der Waals surface area contributed by atoms with Gasteiger partial charge in [-0.3, -0.25) is 4.79 Å². The van der Waals surface area contributed by atoms with Crippen molar-refractivity contribution in [1.29, 1.82) is 0 Å². The first-order chi connectivity index (χ1) is 13.5. The lowest BCUT2D eigenvalue weighted by Gasteiger charge is -2.08. The number of hydrogen-bond donors (Lipinski definition) is 2. The molecule has 142 valence electrons. The summed E-state index contributed by atoms with van der Waals surface area (Å²) in [5, 5.41) is 8.96. The molecule has 0 amide bonds. The summed E-state index contributed by atoms with van der Waals surface area (Å²) in [6.45, 7) is 7.42. The maximum Gasteiger partial charge on any atom is 0.254 e. The molecule has 0 saturated heterocycles. The summed E-state index contributed by atoms with van der Waals surface area (Å²) < 4.78 is 1.79. The topological polar surface area (TPSA) is 62.7 Å². The smallest absolute Gasteiger partial charge is 0.254 e. The van der Waals surface area contributed by atoms with E-state index in [4.69, 9.17) is 0 Å². The average Bonchev–Trinajstić information content (AvgIpc) is 3.01. The van der Waals surface area contributed by atoms with Gasteiger partial charge in [-0.2, -0.15) is 5.10 Å². The molecule has 4 aromatic rings. The van der Waals surface area contributed by atoms with Gasteiger partial charge in [-0.1, -0.05) is 36.4 Å². The van der Waals surface area contributed by atoms with Gasteiger partial charge in [0.25, 0.3) is 5.56 Å². The Balaban J connectivity index is 1.58. The lowest BCUT2D eigenvalue weighted by Crippen LogP contribution is -2.21. The minimum Gasteiger partial charge on any atom is -0.308 e. The van der Waals surface area contributed by atoms with Crippen molar-refractivity contribution in [3.8, 4) is 5.69 Å². The highest BCUT2D eigenvalue weighted by molar-refractivity contribution is 5.80. The fourth-order valence-corrected chi connectivity index (χ4v) is 3.40. The highest BCUT2D eigenvalue weighted by Gasteiger charge is 2.12. The third-order valence-electron chi connectivity index (χ3n) is 5.17. The van der Waals surface area contributed by atoms with Gasteiger partial charge in [0.1, 0.15) is 5.65 Å². The van der Waals surface area contributed by atoms with E-state index in [9.17, 15) is 4.79 Å². The predicted molar refractivity (Wildman–Crippen MR) is 113 cm³/mol. The Morgan fingerprint density at radius 2 is 1.75 bits per heavy atom. The van der Waals surface area contributed by atoms with Crippen molar-refractivity contribution < 1.29 is 0 Å². The van der Waals surface area contributed by atoms with Crippen LogP contribution in [0.3, 0.4) is 0 Å². The van der Waals surface area contributed by atoms with Crippen LogP contribution in [0.1, 0.15) is 27.9 Å². The number of para-hydroxylation sites is 1. The van der Waals surface area contributed by atoms with Crippen LogP contribution in [0.2, 0.25) is 0 Å². The summed E-state index contributed by atoms with van der Waals surface area (Å²) in [7, 11) is 0. The fourth-order valence-electron chi connectivity index (χ4n) is 3.40. The predicted octanol–water partition coefficient (Wildman–Crippen LogP) is 3.93. The van der Waals surface area contributed by atoms with Crippen molar-refractivity contribution >= 4 is 11.0 Å². The number of H-pyrrole nitrogens is 1. The number of rotatable bonds is 5. The normalized spacial score (nSPS) is 11.2. The molecule has 2 aromatic heterocycles. The maximum absolute atomic E-state index is 12.6. The zero-order valence-electron chi connectivity index (χ0n) is 16.4. The van der Waals surface area contributed by atoms with Gasteiger partial charge in [0.05, 0.1) is 11.4 Å². The number of fused-ring (bicyclic) bond motifs is 1. The largest absolute Gasteiger partial charge is 0.308 e. The first kappa shape index (κ1) is 18.2. The molecule has 5 heteroatoms. The van der Waals surface area contributed by atoms with Gasteiger partial charge in [-0.15, -0.1) is 0 Å². The Bertz CT molecular complexity index is 1190. The van der Waals surface area contributed by atoms with Crippen LogP contribution in [0.4, 0.5) is 0 Å². The van der Waals surface area contributed by atoms with Gasteiger partial charge in [0.15, 0.2) is 0 Å². The molecule has 4 rings (SSSR count). The standard InChI is InChI=1S/C23H24N4O/c1-15-9-10-18(11-16(15)2)13-24-14-19-12-21-17(3)26-27(22(21)25-23(19)28)20-7-5-4-6-8-20/h4-12,24H,13-14H2,1-3H3,(H,25,28). The highest BCUT2D eigenvalue weighted by atomic mass is 16.1. The van der Waals surface area contributed by atoms with Crippen molar-refractivity contribution in [3.63, 3.8) is 0 Å². The number of hydrogen-bond acceptors (Lipinski definition) is 3. The summed E-state index contributed by atoms with van der Waals surface area (Å²) >= 11 is 0. The SMILES string of the molecule is Cc1ccc(CNCc2cc3c(C)nn(-c4ccccc4)c3[nH]c2=O)cc1C. The molecule has 2 N–H and O–H groups in total. The molecule has 0 bridgehead atoms. The molecule has 0 fully saturated rings. The summed E-state index contributed by atoms with van der Waals surface area (Å²) in [6.07, 6.45) is 0. The quantitative estimate of drug-likeness (QED) is 0.558. The molecular formula is C23H24N4O. The van der Waals surface area contributed by atoms with Crippen molar-refractivity contribution in [2.24, 2.45) is 0 Å². The average molecular weight is 372 g/mol. The Morgan fingerprint density at radius 1 is 0.964 bits per heavy atom. The molecule has 0 aliphatic carbocycles. The third-order valence-corrected chi connectivity index (χ3v) is 5.17. The molecule has 0 unspecified atom stereocenters. The minimum atomic E-state index is -0.0860. The van der Waals surface area contributed by atoms with E-state index in [1.807, 2.05) is 43.3 Å². The molecular weight excluding hydrogens is 348 g/mol. The number of aromatic nitrogens is 3. The number of aryl methyl sites for hydroxylation is 3. The second-order valence-corrected chi connectivity index (χ2v) is 7.24. The van der Waals surface area contributed by atoms with Gasteiger partial charge in [0, 0.05) is 24.0 Å². The lowest BCUT2D eigenvalue weighted by molar-refractivity contribution is 0.688. The number of nitrogens with one attached hydrogen (secondary N) is 2. The fraction of sp³-hybridized carbons (Fsp3) is 0.217. The zero-order chi connectivity index (χ0) is 19.7. The lowest BCUT2D eigenvalue weighted by atomic mass is 10.1. The minimum absolute atomic E-state index is 0.0860. The van der Waals surface area contributed by atoms with E-state index in [-0.39, 0.29) is 5.56 Å². The van der Waals surface area contributed by atoms with Gasteiger partial charge >= 0.3 is 0 Å². The Hall–Kier alpha value is -3.18. The number of pyridine rings is 1. The van der Waals surface area contributed by atoms with E-state index in [0.717, 1.165) is 29.0 Å². The summed E-state index contributed by atoms with van der Waals surface area (Å²) in [5.74, 6) is 0. The molecule has 0 saturated carbocycles. The first-order valence-corrected chi connectivity index (χ1v) is 9.47. The summed E-state index contributed by atoms with van der Waals surface area (Å²) in [4.78, 5) is 15.6. The number of benzene rings is 2. The monoisotopic (exact) mass is 372 g/mol. The molecule has 2 heterocycles. The van der Waals surface area contributed by atoms with Crippen molar-refractivity contribution in [2.75, 3.05) is 0 Å². The van der Waals surface area contributed by atoms with Crippen molar-refractivity contribution in [3.05, 3.63) is 92.9 Å². The highest BCUT2D eigenvalue weighted by Crippen LogP contribution is 2.19. The Kier molecular flexibility index (Phi) is 4.84. The number of aromatic amines is 1. The molecule has 0 spiro atoms. The van der Waals surface area contributed by atoms with E-state index in [0.29, 0.717) is 12.1 Å². The first-order valence-electron chi connectivity index (χ1n) is 9.47. The number of nitrogens with zero attached hydrogens (tertiary/aromatic N) is 2. The van der Waals surface area contributed by atoms with E-state index in [1.165, 1.54) is 16.7 Å². The second kappa shape index (κ2) is 7.44. The summed E-state index contributed by atoms with van der Waals surface area (Å²) in [5.41, 5.74) is 6.96. The van der Waals surface area contributed by atoms with E-state index >= 15 is 0 Å². The van der Waals surface area contributed by atoms with Gasteiger partial charge in [-0.05, 0) is 55.7 Å². The molecule has 0 radical (unpaired) electrons. The molecule has 0 atom stereocenters. The second-order valence-electron chi connectivity index (χ2n) is 7.24. The van der Waals surface area contributed by atoms with Gasteiger partial charge in [-0.25, -0.2) is 4.68 Å². The maximum atomic E-state index is 12.6. The van der Waals surface area contributed by atoms with Crippen LogP contribution in [0.15, 0.2) is 59.4 Å². The molecule has 5 nitrogen and oxygen atoms in total. The van der Waals surface area contributed by atoms with Gasteiger partial charge < -0.3 is 10.3 Å². The van der Waals surface area contributed by atoms with Crippen molar-refractivity contribution in [1.82, 2.24) is 20.1 Å². The van der Waals surface area contributed by atoms with Crippen LogP contribution in [-0.2, 0) is 13.1 Å². The van der Waals surface area contributed by atoms with Crippen LogP contribution in [0, 0.1) is 20.8 Å².